The van der Waals surface area contributed by atoms with Gasteiger partial charge in [0.2, 0.25) is 0 Å². The molecule has 2 bridgehead atoms. The van der Waals surface area contributed by atoms with Crippen LogP contribution in [0.2, 0.25) is 0 Å². The third-order valence-corrected chi connectivity index (χ3v) is 5.77. The lowest BCUT2D eigenvalue weighted by molar-refractivity contribution is -0.161. The Bertz CT molecular complexity index is 466. The molecule has 3 rings (SSSR count). The van der Waals surface area contributed by atoms with Crippen molar-refractivity contribution in [1.29, 1.82) is 0 Å². The van der Waals surface area contributed by atoms with E-state index in [1.807, 2.05) is 20.8 Å². The molecule has 3 aliphatic rings. The second kappa shape index (κ2) is 5.60. The molecule has 3 heterocycles. The molecular formula is C17H29NO5. The first-order valence-electron chi connectivity index (χ1n) is 8.66. The van der Waals surface area contributed by atoms with Crippen LogP contribution in [-0.4, -0.2) is 64.3 Å². The fraction of sp³-hybridized carbons (Fsp3) is 0.941. The Morgan fingerprint density at radius 1 is 1.30 bits per heavy atom. The van der Waals surface area contributed by atoms with E-state index < -0.39 is 16.6 Å². The van der Waals surface area contributed by atoms with E-state index in [4.69, 9.17) is 9.47 Å². The highest BCUT2D eigenvalue weighted by atomic mass is 16.6. The zero-order valence-corrected chi connectivity index (χ0v) is 14.4. The van der Waals surface area contributed by atoms with Crippen LogP contribution in [0.25, 0.3) is 0 Å². The van der Waals surface area contributed by atoms with E-state index in [9.17, 15) is 15.0 Å². The van der Waals surface area contributed by atoms with E-state index in [1.165, 1.54) is 0 Å². The topological polar surface area (TPSA) is 79.2 Å². The summed E-state index contributed by atoms with van der Waals surface area (Å²) < 4.78 is 11.3. The van der Waals surface area contributed by atoms with Crippen molar-refractivity contribution in [3.8, 4) is 0 Å². The summed E-state index contributed by atoms with van der Waals surface area (Å²) in [6, 6.07) is 0. The largest absolute Gasteiger partial charge is 0.444 e. The number of carbonyl (C=O) groups excluding carboxylic acids is 1. The Hall–Kier alpha value is -0.850. The van der Waals surface area contributed by atoms with Crippen LogP contribution >= 0.6 is 0 Å². The zero-order chi connectivity index (χ0) is 16.9. The smallest absolute Gasteiger partial charge is 0.410 e. The molecule has 3 atom stereocenters. The first-order chi connectivity index (χ1) is 10.7. The van der Waals surface area contributed by atoms with Gasteiger partial charge in [0.25, 0.3) is 0 Å². The number of piperidine rings is 1. The van der Waals surface area contributed by atoms with Crippen molar-refractivity contribution in [3.63, 3.8) is 0 Å². The number of rotatable bonds is 2. The number of fused-ring (bicyclic) bond motifs is 2. The molecule has 6 nitrogen and oxygen atoms in total. The molecule has 0 aromatic heterocycles. The minimum absolute atomic E-state index is 0.0584. The number of hydrogen-bond acceptors (Lipinski definition) is 5. The second-order valence-corrected chi connectivity index (χ2v) is 8.34. The molecule has 0 saturated carbocycles. The third kappa shape index (κ3) is 2.85. The molecule has 132 valence electrons. The quantitative estimate of drug-likeness (QED) is 0.807. The van der Waals surface area contributed by atoms with Crippen molar-refractivity contribution in [1.82, 2.24) is 4.90 Å². The van der Waals surface area contributed by atoms with Crippen molar-refractivity contribution in [2.45, 2.75) is 76.3 Å². The summed E-state index contributed by atoms with van der Waals surface area (Å²) in [5.74, 6) is 0. The summed E-state index contributed by atoms with van der Waals surface area (Å²) in [5, 5.41) is 21.3. The molecule has 0 radical (unpaired) electrons. The van der Waals surface area contributed by atoms with Crippen LogP contribution in [0.5, 0.6) is 0 Å². The second-order valence-electron chi connectivity index (χ2n) is 8.34. The predicted molar refractivity (Wildman–Crippen MR) is 84.0 cm³/mol. The van der Waals surface area contributed by atoms with Crippen LogP contribution in [0.15, 0.2) is 0 Å². The summed E-state index contributed by atoms with van der Waals surface area (Å²) in [7, 11) is 0. The number of hydrogen-bond donors (Lipinski definition) is 2. The SMILES string of the molecule is CC(C)(C)OC(=O)N1CCC(O)(C2(CO)CC3CCC2O3)CC1. The minimum Gasteiger partial charge on any atom is -0.444 e. The Morgan fingerprint density at radius 3 is 2.39 bits per heavy atom. The molecule has 2 N–H and O–H groups in total. The van der Waals surface area contributed by atoms with Crippen LogP contribution in [0, 0.1) is 5.41 Å². The normalized spacial score (nSPS) is 36.3. The number of aliphatic hydroxyl groups excluding tert-OH is 1. The number of nitrogens with zero attached hydrogens (tertiary/aromatic N) is 1. The van der Waals surface area contributed by atoms with Crippen LogP contribution in [0.1, 0.15) is 52.9 Å². The predicted octanol–water partition coefficient (Wildman–Crippen LogP) is 1.68. The highest BCUT2D eigenvalue weighted by molar-refractivity contribution is 5.68. The van der Waals surface area contributed by atoms with Gasteiger partial charge in [-0.15, -0.1) is 0 Å². The Morgan fingerprint density at radius 2 is 1.96 bits per heavy atom. The van der Waals surface area contributed by atoms with E-state index in [0.29, 0.717) is 25.9 Å². The van der Waals surface area contributed by atoms with Gasteiger partial charge < -0.3 is 24.6 Å². The third-order valence-electron chi connectivity index (χ3n) is 5.77. The van der Waals surface area contributed by atoms with Gasteiger partial charge in [0.1, 0.15) is 5.60 Å². The zero-order valence-electron chi connectivity index (χ0n) is 14.4. The van der Waals surface area contributed by atoms with Crippen molar-refractivity contribution in [2.24, 2.45) is 5.41 Å². The van der Waals surface area contributed by atoms with E-state index in [1.54, 1.807) is 4.90 Å². The van der Waals surface area contributed by atoms with Gasteiger partial charge in [0, 0.05) is 13.1 Å². The lowest BCUT2D eigenvalue weighted by Crippen LogP contribution is -2.61. The Kier molecular flexibility index (Phi) is 4.14. The molecule has 3 fully saturated rings. The van der Waals surface area contributed by atoms with Gasteiger partial charge in [0.15, 0.2) is 0 Å². The molecule has 3 unspecified atom stereocenters. The number of likely N-dealkylation sites (tertiary alicyclic amines) is 1. The van der Waals surface area contributed by atoms with Crippen LogP contribution in [0.4, 0.5) is 4.79 Å². The molecule has 23 heavy (non-hydrogen) atoms. The first kappa shape index (κ1) is 17.0. The van der Waals surface area contributed by atoms with Crippen molar-refractivity contribution < 1.29 is 24.5 Å². The molecule has 3 saturated heterocycles. The number of ether oxygens (including phenoxy) is 2. The first-order valence-corrected chi connectivity index (χ1v) is 8.66. The van der Waals surface area contributed by atoms with E-state index in [0.717, 1.165) is 19.3 Å². The number of carbonyl (C=O) groups is 1. The van der Waals surface area contributed by atoms with Crippen molar-refractivity contribution >= 4 is 6.09 Å². The molecule has 6 heteroatoms. The molecule has 0 aliphatic carbocycles. The molecule has 0 spiro atoms. The summed E-state index contributed by atoms with van der Waals surface area (Å²) >= 11 is 0. The molecule has 0 aromatic carbocycles. The molecule has 0 aromatic rings. The van der Waals surface area contributed by atoms with Crippen LogP contribution in [-0.2, 0) is 9.47 Å². The van der Waals surface area contributed by atoms with Gasteiger partial charge in [-0.25, -0.2) is 4.79 Å². The van der Waals surface area contributed by atoms with Gasteiger partial charge in [-0.1, -0.05) is 0 Å². The highest BCUT2D eigenvalue weighted by Crippen LogP contribution is 2.56. The van der Waals surface area contributed by atoms with Gasteiger partial charge in [-0.3, -0.25) is 0 Å². The minimum atomic E-state index is -0.972. The van der Waals surface area contributed by atoms with Crippen molar-refractivity contribution in [2.75, 3.05) is 19.7 Å². The average molecular weight is 327 g/mol. The highest BCUT2D eigenvalue weighted by Gasteiger charge is 2.63. The van der Waals surface area contributed by atoms with Crippen LogP contribution < -0.4 is 0 Å². The van der Waals surface area contributed by atoms with E-state index in [2.05, 4.69) is 0 Å². The van der Waals surface area contributed by atoms with E-state index in [-0.39, 0.29) is 24.9 Å². The van der Waals surface area contributed by atoms with Crippen LogP contribution in [0.3, 0.4) is 0 Å². The molecular weight excluding hydrogens is 298 g/mol. The fourth-order valence-electron chi connectivity index (χ4n) is 4.49. The van der Waals surface area contributed by atoms with Gasteiger partial charge in [-0.2, -0.15) is 0 Å². The lowest BCUT2D eigenvalue weighted by atomic mass is 9.60. The summed E-state index contributed by atoms with van der Waals surface area (Å²) in [4.78, 5) is 13.8. The molecule has 3 aliphatic heterocycles. The lowest BCUT2D eigenvalue weighted by Gasteiger charge is -2.51. The standard InChI is InChI=1S/C17H29NO5/c1-15(2,3)23-14(20)18-8-6-17(21,7-9-18)16(11-19)10-12-4-5-13(16)22-12/h12-13,19,21H,4-11H2,1-3H3. The number of amides is 1. The van der Waals surface area contributed by atoms with Gasteiger partial charge >= 0.3 is 6.09 Å². The van der Waals surface area contributed by atoms with Gasteiger partial charge in [0.05, 0.1) is 29.8 Å². The Balaban J connectivity index is 1.66. The summed E-state index contributed by atoms with van der Waals surface area (Å²) in [5.41, 5.74) is -2.06. The van der Waals surface area contributed by atoms with Crippen molar-refractivity contribution in [3.05, 3.63) is 0 Å². The maximum Gasteiger partial charge on any atom is 0.410 e. The maximum absolute atomic E-state index is 12.2. The fourth-order valence-corrected chi connectivity index (χ4v) is 4.49. The van der Waals surface area contributed by atoms with Gasteiger partial charge in [-0.05, 0) is 52.9 Å². The monoisotopic (exact) mass is 327 g/mol. The maximum atomic E-state index is 12.2. The average Bonchev–Trinajstić information content (AvgIpc) is 3.07. The summed E-state index contributed by atoms with van der Waals surface area (Å²) in [6.07, 6.45) is 3.34. The Labute approximate surface area is 137 Å². The summed E-state index contributed by atoms with van der Waals surface area (Å²) in [6.45, 7) is 6.38. The number of aliphatic hydroxyl groups is 2. The molecule has 1 amide bonds. The van der Waals surface area contributed by atoms with E-state index >= 15 is 0 Å².